The molecule has 5 rings (SSSR count). The van der Waals surface area contributed by atoms with Gasteiger partial charge in [-0.2, -0.15) is 0 Å². The highest BCUT2D eigenvalue weighted by Gasteiger charge is 2.24. The molecule has 3 aromatic rings. The summed E-state index contributed by atoms with van der Waals surface area (Å²) in [5.41, 5.74) is 4.54. The molecule has 0 unspecified atom stereocenters. The van der Waals surface area contributed by atoms with Crippen LogP contribution in [0.3, 0.4) is 0 Å². The Kier molecular flexibility index (Phi) is 7.95. The van der Waals surface area contributed by atoms with Crippen LogP contribution in [0.4, 0.5) is 4.79 Å². The minimum Gasteiger partial charge on any atom is -0.445 e. The van der Waals surface area contributed by atoms with Crippen LogP contribution in [0.15, 0.2) is 72.8 Å². The van der Waals surface area contributed by atoms with Gasteiger partial charge in [0.05, 0.1) is 6.42 Å². The summed E-state index contributed by atoms with van der Waals surface area (Å²) in [6.45, 7) is 3.34. The number of benzene rings is 3. The lowest BCUT2D eigenvalue weighted by Gasteiger charge is -2.33. The quantitative estimate of drug-likeness (QED) is 0.187. The second-order valence-corrected chi connectivity index (χ2v) is 9.52. The molecule has 0 radical (unpaired) electrons. The molecule has 0 atom stereocenters. The van der Waals surface area contributed by atoms with Crippen molar-refractivity contribution in [3.63, 3.8) is 0 Å². The van der Waals surface area contributed by atoms with Gasteiger partial charge in [-0.3, -0.25) is 14.5 Å². The van der Waals surface area contributed by atoms with E-state index in [-0.39, 0.29) is 30.9 Å². The fourth-order valence-corrected chi connectivity index (χ4v) is 4.56. The van der Waals surface area contributed by atoms with Gasteiger partial charge in [-0.05, 0) is 22.8 Å². The number of hydrogen-bond donors (Lipinski definition) is 0. The lowest BCUT2D eigenvalue weighted by molar-refractivity contribution is -0.131. The van der Waals surface area contributed by atoms with E-state index in [0.29, 0.717) is 50.5 Å². The molecule has 0 N–H and O–H groups in total. The Balaban J connectivity index is 1.02. The Labute approximate surface area is 222 Å². The lowest BCUT2D eigenvalue weighted by Crippen LogP contribution is -2.49. The van der Waals surface area contributed by atoms with Crippen molar-refractivity contribution < 1.29 is 23.9 Å². The number of piperazine rings is 1. The first-order chi connectivity index (χ1) is 18.5. The number of hydrogen-bond acceptors (Lipinski definition) is 6. The maximum Gasteiger partial charge on any atom is 0.410 e. The molecule has 38 heavy (non-hydrogen) atoms. The number of carbonyl (C=O) groups excluding carboxylic acids is 3. The Morgan fingerprint density at radius 2 is 1.58 bits per heavy atom. The van der Waals surface area contributed by atoms with Crippen LogP contribution in [0.25, 0.3) is 12.2 Å². The standard InChI is InChI=1S/C31H30N2O5/c34-28(26-12-13-27-21-30(35)38-29(27)20-26)14-15-32-16-18-33(19-17-32)31(36)37-22-25-10-8-24(9-11-25)7-6-23-4-2-1-3-5-23/h1-13,20H,14-19,21-22H2. The largest absolute Gasteiger partial charge is 0.445 e. The summed E-state index contributed by atoms with van der Waals surface area (Å²) in [6.07, 6.45) is 4.43. The zero-order valence-electron chi connectivity index (χ0n) is 21.2. The first kappa shape index (κ1) is 25.4. The van der Waals surface area contributed by atoms with Crippen LogP contribution in [0, 0.1) is 0 Å². The number of rotatable bonds is 8. The van der Waals surface area contributed by atoms with Gasteiger partial charge in [0.2, 0.25) is 0 Å². The van der Waals surface area contributed by atoms with Crippen molar-refractivity contribution >= 4 is 30.0 Å². The predicted molar refractivity (Wildman–Crippen MR) is 145 cm³/mol. The molecule has 0 aliphatic carbocycles. The van der Waals surface area contributed by atoms with Crippen molar-refractivity contribution in [2.75, 3.05) is 32.7 Å². The van der Waals surface area contributed by atoms with Crippen molar-refractivity contribution in [1.29, 1.82) is 0 Å². The zero-order valence-corrected chi connectivity index (χ0v) is 21.2. The summed E-state index contributed by atoms with van der Waals surface area (Å²) < 4.78 is 10.7. The smallest absolute Gasteiger partial charge is 0.410 e. The number of ether oxygens (including phenoxy) is 2. The van der Waals surface area contributed by atoms with Crippen molar-refractivity contribution in [1.82, 2.24) is 9.80 Å². The van der Waals surface area contributed by atoms with Gasteiger partial charge in [0.25, 0.3) is 0 Å². The third-order valence-electron chi connectivity index (χ3n) is 6.84. The van der Waals surface area contributed by atoms with E-state index in [0.717, 1.165) is 22.3 Å². The lowest BCUT2D eigenvalue weighted by atomic mass is 10.0. The molecule has 0 aromatic heterocycles. The average Bonchev–Trinajstić information content (AvgIpc) is 3.34. The molecule has 1 saturated heterocycles. The van der Waals surface area contributed by atoms with Gasteiger partial charge in [0.1, 0.15) is 12.4 Å². The molecule has 3 aromatic carbocycles. The first-order valence-corrected chi connectivity index (χ1v) is 12.9. The molecule has 0 bridgehead atoms. The van der Waals surface area contributed by atoms with Gasteiger partial charge in [-0.1, -0.05) is 78.9 Å². The first-order valence-electron chi connectivity index (χ1n) is 12.9. The van der Waals surface area contributed by atoms with Gasteiger partial charge < -0.3 is 14.4 Å². The summed E-state index contributed by atoms with van der Waals surface area (Å²) >= 11 is 0. The maximum absolute atomic E-state index is 12.6. The van der Waals surface area contributed by atoms with Crippen LogP contribution in [0.2, 0.25) is 0 Å². The summed E-state index contributed by atoms with van der Waals surface area (Å²) in [7, 11) is 0. The molecule has 0 saturated carbocycles. The topological polar surface area (TPSA) is 76.2 Å². The van der Waals surface area contributed by atoms with Crippen LogP contribution < -0.4 is 4.74 Å². The molecule has 7 nitrogen and oxygen atoms in total. The summed E-state index contributed by atoms with van der Waals surface area (Å²) in [6, 6.07) is 23.3. The van der Waals surface area contributed by atoms with Crippen molar-refractivity contribution in [2.45, 2.75) is 19.4 Å². The van der Waals surface area contributed by atoms with E-state index in [4.69, 9.17) is 9.47 Å². The number of amides is 1. The summed E-state index contributed by atoms with van der Waals surface area (Å²) in [5, 5.41) is 0. The molecule has 2 heterocycles. The van der Waals surface area contributed by atoms with E-state index in [2.05, 4.69) is 29.2 Å². The average molecular weight is 511 g/mol. The van der Waals surface area contributed by atoms with E-state index in [1.807, 2.05) is 42.5 Å². The molecule has 2 aliphatic rings. The van der Waals surface area contributed by atoms with Crippen LogP contribution in [0.1, 0.15) is 39.0 Å². The third kappa shape index (κ3) is 6.55. The second-order valence-electron chi connectivity index (χ2n) is 9.52. The van der Waals surface area contributed by atoms with Gasteiger partial charge in [-0.25, -0.2) is 4.79 Å². The van der Waals surface area contributed by atoms with Gasteiger partial charge in [-0.15, -0.1) is 0 Å². The minimum atomic E-state index is -0.318. The molecule has 7 heteroatoms. The van der Waals surface area contributed by atoms with E-state index in [9.17, 15) is 14.4 Å². The third-order valence-corrected chi connectivity index (χ3v) is 6.84. The molecule has 1 fully saturated rings. The highest BCUT2D eigenvalue weighted by Crippen LogP contribution is 2.27. The second kappa shape index (κ2) is 11.9. The number of fused-ring (bicyclic) bond motifs is 1. The number of carbonyl (C=O) groups is 3. The van der Waals surface area contributed by atoms with Crippen LogP contribution in [-0.4, -0.2) is 60.4 Å². The zero-order chi connectivity index (χ0) is 26.3. The van der Waals surface area contributed by atoms with E-state index in [1.54, 1.807) is 23.1 Å². The van der Waals surface area contributed by atoms with Crippen LogP contribution >= 0.6 is 0 Å². The number of ketones is 1. The Morgan fingerprint density at radius 1 is 0.868 bits per heavy atom. The van der Waals surface area contributed by atoms with E-state index < -0.39 is 0 Å². The molecule has 0 spiro atoms. The Hall–Kier alpha value is -4.23. The van der Waals surface area contributed by atoms with Crippen molar-refractivity contribution in [3.8, 4) is 5.75 Å². The monoisotopic (exact) mass is 510 g/mol. The molecular weight excluding hydrogens is 480 g/mol. The van der Waals surface area contributed by atoms with Crippen LogP contribution in [0.5, 0.6) is 5.75 Å². The normalized spacial score (nSPS) is 15.4. The highest BCUT2D eigenvalue weighted by molar-refractivity contribution is 5.97. The van der Waals surface area contributed by atoms with Crippen molar-refractivity contribution in [3.05, 3.63) is 101 Å². The summed E-state index contributed by atoms with van der Waals surface area (Å²) in [5.74, 6) is 0.217. The Morgan fingerprint density at radius 3 is 2.32 bits per heavy atom. The van der Waals surface area contributed by atoms with Crippen molar-refractivity contribution in [2.24, 2.45) is 0 Å². The molecule has 1 amide bonds. The molecule has 194 valence electrons. The molecule has 2 aliphatic heterocycles. The van der Waals surface area contributed by atoms with E-state index >= 15 is 0 Å². The highest BCUT2D eigenvalue weighted by atomic mass is 16.6. The fraction of sp³-hybridized carbons (Fsp3) is 0.258. The predicted octanol–water partition coefficient (Wildman–Crippen LogP) is 4.85. The van der Waals surface area contributed by atoms with Crippen LogP contribution in [-0.2, 0) is 22.6 Å². The summed E-state index contributed by atoms with van der Waals surface area (Å²) in [4.78, 5) is 40.5. The van der Waals surface area contributed by atoms with Gasteiger partial charge in [0.15, 0.2) is 5.78 Å². The fourth-order valence-electron chi connectivity index (χ4n) is 4.56. The maximum atomic E-state index is 12.6. The van der Waals surface area contributed by atoms with Gasteiger partial charge >= 0.3 is 12.1 Å². The number of nitrogens with zero attached hydrogens (tertiary/aromatic N) is 2. The number of Topliss-reactive ketones (excluding diaryl/α,β-unsaturated/α-hetero) is 1. The molecular formula is C31H30N2O5. The van der Waals surface area contributed by atoms with E-state index in [1.165, 1.54) is 0 Å². The number of esters is 1. The SMILES string of the molecule is O=C1Cc2ccc(C(=O)CCN3CCN(C(=O)OCc4ccc(C=Cc5ccccc5)cc4)CC3)cc2O1. The minimum absolute atomic E-state index is 0.0131. The van der Waals surface area contributed by atoms with Gasteiger partial charge in [0, 0.05) is 50.3 Å². The Bertz CT molecular complexity index is 1330.